The minimum atomic E-state index is 0.130. The Hall–Kier alpha value is -1.81. The quantitative estimate of drug-likeness (QED) is 0.871. The summed E-state index contributed by atoms with van der Waals surface area (Å²) < 4.78 is 0. The summed E-state index contributed by atoms with van der Waals surface area (Å²) in [6, 6.07) is 10.4. The number of fused-ring (bicyclic) bond motifs is 1. The van der Waals surface area contributed by atoms with E-state index in [2.05, 4.69) is 29.2 Å². The molecule has 4 heteroatoms. The molecule has 0 saturated heterocycles. The molecule has 3 nitrogen and oxygen atoms in total. The Bertz CT molecular complexity index is 608. The number of anilines is 2. The first kappa shape index (κ1) is 12.2. The maximum Gasteiger partial charge on any atom is 0.174 e. The zero-order valence-corrected chi connectivity index (χ0v) is 11.7. The molecule has 19 heavy (non-hydrogen) atoms. The molecule has 0 unspecified atom stereocenters. The highest BCUT2D eigenvalue weighted by molar-refractivity contribution is 7.18. The van der Waals surface area contributed by atoms with Crippen LogP contribution in [-0.4, -0.2) is 5.78 Å². The molecule has 0 bridgehead atoms. The molecular weight excluding hydrogens is 256 g/mol. The number of hydrogen-bond donors (Lipinski definition) is 1. The number of Topliss-reactive ketones (excluding diaryl/α,β-unsaturated/α-hetero) is 1. The zero-order chi connectivity index (χ0) is 13.4. The van der Waals surface area contributed by atoms with E-state index in [0.29, 0.717) is 17.0 Å². The number of nitrogens with zero attached hydrogens (tertiary/aromatic N) is 1. The lowest BCUT2D eigenvalue weighted by Crippen LogP contribution is -2.12. The van der Waals surface area contributed by atoms with Crippen LogP contribution in [0, 0.1) is 0 Å². The van der Waals surface area contributed by atoms with Crippen LogP contribution in [0.2, 0.25) is 0 Å². The van der Waals surface area contributed by atoms with Gasteiger partial charge in [-0.1, -0.05) is 31.2 Å². The molecule has 2 heterocycles. The van der Waals surface area contributed by atoms with Crippen LogP contribution < -0.4 is 10.6 Å². The van der Waals surface area contributed by atoms with E-state index in [1.165, 1.54) is 22.5 Å². The number of thiophene rings is 1. The van der Waals surface area contributed by atoms with Crippen molar-refractivity contribution in [3.8, 4) is 0 Å². The molecule has 98 valence electrons. The number of nitrogen functional groups attached to an aromatic ring is 1. The zero-order valence-electron chi connectivity index (χ0n) is 10.8. The summed E-state index contributed by atoms with van der Waals surface area (Å²) in [7, 11) is 0. The minimum absolute atomic E-state index is 0.130. The van der Waals surface area contributed by atoms with Gasteiger partial charge in [0.1, 0.15) is 0 Å². The number of carbonyl (C=O) groups is 1. The molecule has 1 aliphatic rings. The summed E-state index contributed by atoms with van der Waals surface area (Å²) in [5, 5.41) is 1.09. The van der Waals surface area contributed by atoms with E-state index in [0.717, 1.165) is 18.1 Å². The van der Waals surface area contributed by atoms with Gasteiger partial charge in [-0.25, -0.2) is 0 Å². The van der Waals surface area contributed by atoms with Gasteiger partial charge in [0.15, 0.2) is 5.78 Å². The second kappa shape index (κ2) is 4.70. The van der Waals surface area contributed by atoms with E-state index >= 15 is 0 Å². The Morgan fingerprint density at radius 2 is 1.95 bits per heavy atom. The molecule has 2 aromatic rings. The SMILES string of the molecule is CCC(=O)c1sc(N2Cc3ccccc3C2)cc1N. The van der Waals surface area contributed by atoms with Crippen LogP contribution in [0.15, 0.2) is 30.3 Å². The Balaban J connectivity index is 1.88. The summed E-state index contributed by atoms with van der Waals surface area (Å²) in [4.78, 5) is 14.8. The van der Waals surface area contributed by atoms with Crippen molar-refractivity contribution in [2.24, 2.45) is 0 Å². The van der Waals surface area contributed by atoms with Crippen molar-refractivity contribution >= 4 is 27.8 Å². The van der Waals surface area contributed by atoms with Crippen LogP contribution in [0.5, 0.6) is 0 Å². The standard InChI is InChI=1S/C15H16N2OS/c1-2-13(18)15-12(16)7-14(19-15)17-8-10-5-3-4-6-11(10)9-17/h3-7H,2,8-9,16H2,1H3. The molecule has 0 saturated carbocycles. The summed E-state index contributed by atoms with van der Waals surface area (Å²) in [5.74, 6) is 0.130. The van der Waals surface area contributed by atoms with Crippen LogP contribution in [0.1, 0.15) is 34.1 Å². The van der Waals surface area contributed by atoms with Gasteiger partial charge in [0.05, 0.1) is 15.6 Å². The molecule has 0 spiro atoms. The van der Waals surface area contributed by atoms with E-state index in [-0.39, 0.29) is 5.78 Å². The summed E-state index contributed by atoms with van der Waals surface area (Å²) in [5.41, 5.74) is 9.29. The number of nitrogens with two attached hydrogens (primary N) is 1. The number of benzene rings is 1. The summed E-state index contributed by atoms with van der Waals surface area (Å²) in [6.07, 6.45) is 0.504. The fourth-order valence-corrected chi connectivity index (χ4v) is 3.50. The third kappa shape index (κ3) is 2.12. The van der Waals surface area contributed by atoms with E-state index in [1.54, 1.807) is 0 Å². The lowest BCUT2D eigenvalue weighted by molar-refractivity contribution is 0.0993. The van der Waals surface area contributed by atoms with E-state index in [4.69, 9.17) is 5.73 Å². The first-order valence-electron chi connectivity index (χ1n) is 6.43. The molecule has 1 aliphatic heterocycles. The molecular formula is C15H16N2OS. The molecule has 0 radical (unpaired) electrons. The average molecular weight is 272 g/mol. The number of hydrogen-bond acceptors (Lipinski definition) is 4. The smallest absolute Gasteiger partial charge is 0.174 e. The largest absolute Gasteiger partial charge is 0.397 e. The molecule has 0 fully saturated rings. The van der Waals surface area contributed by atoms with Gasteiger partial charge in [-0.2, -0.15) is 0 Å². The molecule has 0 aliphatic carbocycles. The van der Waals surface area contributed by atoms with E-state index < -0.39 is 0 Å². The van der Waals surface area contributed by atoms with Gasteiger partial charge in [-0.05, 0) is 17.2 Å². The topological polar surface area (TPSA) is 46.3 Å². The van der Waals surface area contributed by atoms with Crippen molar-refractivity contribution in [1.29, 1.82) is 0 Å². The van der Waals surface area contributed by atoms with Gasteiger partial charge >= 0.3 is 0 Å². The van der Waals surface area contributed by atoms with Gasteiger partial charge in [-0.15, -0.1) is 11.3 Å². The van der Waals surface area contributed by atoms with E-state index in [1.807, 2.05) is 13.0 Å². The molecule has 3 rings (SSSR count). The van der Waals surface area contributed by atoms with Crippen molar-refractivity contribution in [3.05, 3.63) is 46.3 Å². The Labute approximate surface area is 116 Å². The predicted molar refractivity (Wildman–Crippen MR) is 79.7 cm³/mol. The monoisotopic (exact) mass is 272 g/mol. The normalized spacial score (nSPS) is 13.6. The van der Waals surface area contributed by atoms with Crippen LogP contribution in [-0.2, 0) is 13.1 Å². The molecule has 1 aromatic heterocycles. The third-order valence-corrected chi connectivity index (χ3v) is 4.73. The molecule has 1 aromatic carbocycles. The highest BCUT2D eigenvalue weighted by atomic mass is 32.1. The number of carbonyl (C=O) groups excluding carboxylic acids is 1. The van der Waals surface area contributed by atoms with Crippen molar-refractivity contribution in [3.63, 3.8) is 0 Å². The molecule has 0 atom stereocenters. The first-order chi connectivity index (χ1) is 9.19. The van der Waals surface area contributed by atoms with Gasteiger partial charge in [0.25, 0.3) is 0 Å². The Kier molecular flexibility index (Phi) is 3.03. The van der Waals surface area contributed by atoms with Gasteiger partial charge < -0.3 is 10.6 Å². The lowest BCUT2D eigenvalue weighted by atomic mass is 10.1. The van der Waals surface area contributed by atoms with Crippen molar-refractivity contribution < 1.29 is 4.79 Å². The van der Waals surface area contributed by atoms with Crippen LogP contribution in [0.4, 0.5) is 10.7 Å². The third-order valence-electron chi connectivity index (χ3n) is 3.47. The highest BCUT2D eigenvalue weighted by Gasteiger charge is 2.22. The van der Waals surface area contributed by atoms with Gasteiger partial charge in [0, 0.05) is 19.5 Å². The Morgan fingerprint density at radius 1 is 1.32 bits per heavy atom. The van der Waals surface area contributed by atoms with Crippen LogP contribution >= 0.6 is 11.3 Å². The van der Waals surface area contributed by atoms with Crippen LogP contribution in [0.3, 0.4) is 0 Å². The predicted octanol–water partition coefficient (Wildman–Crippen LogP) is 3.44. The lowest BCUT2D eigenvalue weighted by Gasteiger charge is -2.14. The number of ketones is 1. The Morgan fingerprint density at radius 3 is 2.53 bits per heavy atom. The number of rotatable bonds is 3. The maximum atomic E-state index is 11.8. The van der Waals surface area contributed by atoms with Crippen molar-refractivity contribution in [1.82, 2.24) is 0 Å². The van der Waals surface area contributed by atoms with Crippen LogP contribution in [0.25, 0.3) is 0 Å². The van der Waals surface area contributed by atoms with Crippen molar-refractivity contribution in [2.45, 2.75) is 26.4 Å². The van der Waals surface area contributed by atoms with Gasteiger partial charge in [0.2, 0.25) is 0 Å². The average Bonchev–Trinajstić information content (AvgIpc) is 3.00. The maximum absolute atomic E-state index is 11.8. The second-order valence-electron chi connectivity index (χ2n) is 4.77. The molecule has 2 N–H and O–H groups in total. The van der Waals surface area contributed by atoms with Crippen molar-refractivity contribution in [2.75, 3.05) is 10.6 Å². The second-order valence-corrected chi connectivity index (χ2v) is 5.80. The fraction of sp³-hybridized carbons (Fsp3) is 0.267. The fourth-order valence-electron chi connectivity index (χ4n) is 2.41. The summed E-state index contributed by atoms with van der Waals surface area (Å²) >= 11 is 1.51. The van der Waals surface area contributed by atoms with E-state index in [9.17, 15) is 4.79 Å². The first-order valence-corrected chi connectivity index (χ1v) is 7.25. The summed E-state index contributed by atoms with van der Waals surface area (Å²) in [6.45, 7) is 3.67. The minimum Gasteiger partial charge on any atom is -0.397 e. The molecule has 0 amide bonds. The highest BCUT2D eigenvalue weighted by Crippen LogP contribution is 2.37. The van der Waals surface area contributed by atoms with Gasteiger partial charge in [-0.3, -0.25) is 4.79 Å².